The van der Waals surface area contributed by atoms with Crippen molar-refractivity contribution in [2.45, 2.75) is 18.9 Å². The van der Waals surface area contributed by atoms with Crippen molar-refractivity contribution in [3.63, 3.8) is 0 Å². The van der Waals surface area contributed by atoms with Gasteiger partial charge in [0.25, 0.3) is 0 Å². The standard InChI is InChI=1S/C21H17N3O4.ClH/c25-12-23-21-14(8-18(27)28)6-7-15-20(21)19-16(9-22-10-17(19)26)24(15)11-13-4-2-1-3-5-13;/h1-7,9-10,12,19H,8,11H2,(H,23,25)(H,27,28);1H. The number of anilines is 2. The van der Waals surface area contributed by atoms with Crippen LogP contribution in [0.3, 0.4) is 0 Å². The highest BCUT2D eigenvalue weighted by molar-refractivity contribution is 6.33. The van der Waals surface area contributed by atoms with E-state index >= 15 is 0 Å². The van der Waals surface area contributed by atoms with E-state index in [-0.39, 0.29) is 24.6 Å². The molecule has 0 fully saturated rings. The minimum atomic E-state index is -1.01. The van der Waals surface area contributed by atoms with Gasteiger partial charge in [0.15, 0.2) is 5.78 Å². The van der Waals surface area contributed by atoms with Gasteiger partial charge in [-0.05, 0) is 17.2 Å². The van der Waals surface area contributed by atoms with Gasteiger partial charge >= 0.3 is 5.97 Å². The highest BCUT2D eigenvalue weighted by Gasteiger charge is 2.41. The van der Waals surface area contributed by atoms with Gasteiger partial charge in [0, 0.05) is 24.0 Å². The van der Waals surface area contributed by atoms with Crippen LogP contribution < -0.4 is 10.2 Å². The second kappa shape index (κ2) is 8.28. The molecule has 2 heterocycles. The number of benzene rings is 2. The number of carbonyl (C=O) groups is 3. The molecule has 2 aliphatic rings. The Morgan fingerprint density at radius 2 is 1.97 bits per heavy atom. The second-order valence-corrected chi connectivity index (χ2v) is 6.60. The summed E-state index contributed by atoms with van der Waals surface area (Å²) < 4.78 is 0. The van der Waals surface area contributed by atoms with E-state index in [4.69, 9.17) is 0 Å². The van der Waals surface area contributed by atoms with Crippen LogP contribution in [0.1, 0.15) is 22.6 Å². The zero-order valence-electron chi connectivity index (χ0n) is 15.2. The Bertz CT molecular complexity index is 1030. The topological polar surface area (TPSA) is 99.1 Å². The predicted molar refractivity (Wildman–Crippen MR) is 112 cm³/mol. The van der Waals surface area contributed by atoms with E-state index in [9.17, 15) is 19.5 Å². The number of halogens is 1. The van der Waals surface area contributed by atoms with Crippen LogP contribution in [-0.2, 0) is 27.3 Å². The van der Waals surface area contributed by atoms with Crippen molar-refractivity contribution < 1.29 is 19.5 Å². The predicted octanol–water partition coefficient (Wildman–Crippen LogP) is 2.90. The van der Waals surface area contributed by atoms with Crippen LogP contribution >= 0.6 is 12.4 Å². The number of hydrogen-bond acceptors (Lipinski definition) is 5. The zero-order chi connectivity index (χ0) is 19.7. The maximum atomic E-state index is 12.7. The molecule has 8 heteroatoms. The Kier molecular flexibility index (Phi) is 5.79. The molecular formula is C21H18ClN3O4. The van der Waals surface area contributed by atoms with Gasteiger partial charge in [-0.15, -0.1) is 12.4 Å². The summed E-state index contributed by atoms with van der Waals surface area (Å²) in [6.07, 6.45) is 3.16. The lowest BCUT2D eigenvalue weighted by Crippen LogP contribution is -2.24. The van der Waals surface area contributed by atoms with Crippen LogP contribution in [0.15, 0.2) is 59.4 Å². The number of Topliss-reactive ketones (excluding diaryl/α,β-unsaturated/α-hetero) is 1. The van der Waals surface area contributed by atoms with Gasteiger partial charge in [0.2, 0.25) is 6.41 Å². The van der Waals surface area contributed by atoms with Crippen molar-refractivity contribution in [1.82, 2.24) is 0 Å². The van der Waals surface area contributed by atoms with Crippen molar-refractivity contribution >= 4 is 48.2 Å². The van der Waals surface area contributed by atoms with Crippen molar-refractivity contribution in [2.75, 3.05) is 10.2 Å². The summed E-state index contributed by atoms with van der Waals surface area (Å²) in [4.78, 5) is 41.2. The van der Waals surface area contributed by atoms with E-state index < -0.39 is 11.9 Å². The molecule has 0 spiro atoms. The number of nitrogens with zero attached hydrogens (tertiary/aromatic N) is 2. The Morgan fingerprint density at radius 3 is 2.66 bits per heavy atom. The van der Waals surface area contributed by atoms with Crippen LogP contribution in [0, 0.1) is 0 Å². The zero-order valence-corrected chi connectivity index (χ0v) is 16.1. The molecule has 1 atom stereocenters. The second-order valence-electron chi connectivity index (χ2n) is 6.60. The van der Waals surface area contributed by atoms with Gasteiger partial charge in [-0.25, -0.2) is 0 Å². The van der Waals surface area contributed by atoms with Crippen molar-refractivity contribution in [3.8, 4) is 0 Å². The first-order valence-corrected chi connectivity index (χ1v) is 8.76. The smallest absolute Gasteiger partial charge is 0.307 e. The number of allylic oxidation sites excluding steroid dienone is 1. The van der Waals surface area contributed by atoms with Crippen LogP contribution in [0.2, 0.25) is 0 Å². The van der Waals surface area contributed by atoms with Crippen molar-refractivity contribution in [2.24, 2.45) is 4.99 Å². The Hall–Kier alpha value is -3.45. The molecular weight excluding hydrogens is 394 g/mol. The summed E-state index contributed by atoms with van der Waals surface area (Å²) in [5.41, 5.74) is 3.98. The SMILES string of the molecule is Cl.O=CNc1c(CC(=O)O)ccc2c1C1C(=O)C=NC=C1N2Cc1ccccc1. The number of rotatable bonds is 6. The average molecular weight is 412 g/mol. The summed E-state index contributed by atoms with van der Waals surface area (Å²) in [5, 5.41) is 11.8. The molecule has 0 saturated carbocycles. The van der Waals surface area contributed by atoms with Gasteiger partial charge < -0.3 is 15.3 Å². The third kappa shape index (κ3) is 3.64. The molecule has 7 nitrogen and oxygen atoms in total. The molecule has 2 aromatic carbocycles. The summed E-state index contributed by atoms with van der Waals surface area (Å²) in [6, 6.07) is 13.3. The molecule has 29 heavy (non-hydrogen) atoms. The number of fused-ring (bicyclic) bond motifs is 3. The fourth-order valence-corrected chi connectivity index (χ4v) is 3.80. The highest BCUT2D eigenvalue weighted by atomic mass is 35.5. The van der Waals surface area contributed by atoms with Gasteiger partial charge in [-0.2, -0.15) is 0 Å². The first kappa shape index (κ1) is 20.3. The van der Waals surface area contributed by atoms with Crippen molar-refractivity contribution in [1.29, 1.82) is 0 Å². The van der Waals surface area contributed by atoms with Crippen molar-refractivity contribution in [3.05, 3.63) is 71.1 Å². The van der Waals surface area contributed by atoms with Crippen LogP contribution in [0.5, 0.6) is 0 Å². The number of hydrogen-bond donors (Lipinski definition) is 2. The Balaban J connectivity index is 0.00000240. The number of aliphatic imine (C=N–C) groups is 1. The maximum absolute atomic E-state index is 12.7. The average Bonchev–Trinajstić information content (AvgIpc) is 2.99. The lowest BCUT2D eigenvalue weighted by Gasteiger charge is -2.23. The lowest BCUT2D eigenvalue weighted by atomic mass is 9.90. The molecule has 148 valence electrons. The van der Waals surface area contributed by atoms with Crippen LogP contribution in [0.4, 0.5) is 11.4 Å². The molecule has 4 rings (SSSR count). The third-order valence-corrected chi connectivity index (χ3v) is 4.92. The normalized spacial score (nSPS) is 16.4. The first-order chi connectivity index (χ1) is 13.6. The number of aliphatic carboxylic acids is 1. The molecule has 1 amide bonds. The van der Waals surface area contributed by atoms with Crippen LogP contribution in [0.25, 0.3) is 0 Å². The Labute approximate surface area is 173 Å². The minimum absolute atomic E-state index is 0. The van der Waals surface area contributed by atoms with Crippen LogP contribution in [-0.4, -0.2) is 29.5 Å². The number of amides is 1. The quantitative estimate of drug-likeness (QED) is 0.712. The van der Waals surface area contributed by atoms with Gasteiger partial charge in [0.05, 0.1) is 29.9 Å². The lowest BCUT2D eigenvalue weighted by molar-refractivity contribution is -0.136. The first-order valence-electron chi connectivity index (χ1n) is 8.76. The molecule has 0 saturated heterocycles. The number of ketones is 1. The largest absolute Gasteiger partial charge is 0.481 e. The third-order valence-electron chi connectivity index (χ3n) is 4.92. The molecule has 2 N–H and O–H groups in total. The van der Waals surface area contributed by atoms with E-state index in [0.717, 1.165) is 11.3 Å². The maximum Gasteiger partial charge on any atom is 0.307 e. The highest BCUT2D eigenvalue weighted by Crippen LogP contribution is 2.50. The van der Waals surface area contributed by atoms with Gasteiger partial charge in [0.1, 0.15) is 0 Å². The number of carboxylic acids is 1. The monoisotopic (exact) mass is 411 g/mol. The summed E-state index contributed by atoms with van der Waals surface area (Å²) in [6.45, 7) is 0.526. The van der Waals surface area contributed by atoms with E-state index in [1.165, 1.54) is 6.21 Å². The number of nitrogens with one attached hydrogen (secondary N) is 1. The molecule has 2 aromatic rings. The summed E-state index contributed by atoms with van der Waals surface area (Å²) in [5.74, 6) is -1.83. The van der Waals surface area contributed by atoms with E-state index in [1.54, 1.807) is 18.3 Å². The van der Waals surface area contributed by atoms with E-state index in [2.05, 4.69) is 10.3 Å². The number of carbonyl (C=O) groups excluding carboxylic acids is 2. The van der Waals surface area contributed by atoms with E-state index in [0.29, 0.717) is 35.5 Å². The van der Waals surface area contributed by atoms with E-state index in [1.807, 2.05) is 35.2 Å². The molecule has 0 bridgehead atoms. The molecule has 2 aliphatic heterocycles. The minimum Gasteiger partial charge on any atom is -0.481 e. The fourth-order valence-electron chi connectivity index (χ4n) is 3.80. The van der Waals surface area contributed by atoms with Gasteiger partial charge in [-0.1, -0.05) is 36.4 Å². The molecule has 0 aromatic heterocycles. The molecule has 1 unspecified atom stereocenters. The van der Waals surface area contributed by atoms with Gasteiger partial charge in [-0.3, -0.25) is 19.4 Å². The summed E-state index contributed by atoms with van der Waals surface area (Å²) >= 11 is 0. The fraction of sp³-hybridized carbons (Fsp3) is 0.143. The molecule has 0 radical (unpaired) electrons. The summed E-state index contributed by atoms with van der Waals surface area (Å²) in [7, 11) is 0. The molecule has 0 aliphatic carbocycles. The number of carboxylic acid groups (broad SMARTS) is 1. The Morgan fingerprint density at radius 1 is 1.21 bits per heavy atom.